The highest BCUT2D eigenvalue weighted by atomic mass is 16.6. The van der Waals surface area contributed by atoms with Gasteiger partial charge >= 0.3 is 5.97 Å². The number of ether oxygens (including phenoxy) is 1. The summed E-state index contributed by atoms with van der Waals surface area (Å²) in [5, 5.41) is 11.1. The molecule has 0 spiro atoms. The molecule has 0 unspecified atom stereocenters. The van der Waals surface area contributed by atoms with Gasteiger partial charge in [0.2, 0.25) is 0 Å². The highest BCUT2D eigenvalue weighted by Crippen LogP contribution is 2.56. The number of carbonyl (C=O) groups excluding carboxylic acids is 1. The summed E-state index contributed by atoms with van der Waals surface area (Å²) in [6.45, 7) is 12.7. The first-order valence-electron chi connectivity index (χ1n) is 11.6. The van der Waals surface area contributed by atoms with Gasteiger partial charge in [0, 0.05) is 19.0 Å². The van der Waals surface area contributed by atoms with Crippen LogP contribution in [0.2, 0.25) is 0 Å². The third-order valence-electron chi connectivity index (χ3n) is 8.15. The number of carbonyl (C=O) groups is 1. The van der Waals surface area contributed by atoms with Crippen molar-refractivity contribution in [1.29, 1.82) is 0 Å². The molecule has 3 aliphatic rings. The summed E-state index contributed by atoms with van der Waals surface area (Å²) in [5.74, 6) is 0.615. The van der Waals surface area contributed by atoms with Crippen LogP contribution in [0.15, 0.2) is 42.5 Å². The average Bonchev–Trinajstić information content (AvgIpc) is 3.00. The molecule has 1 saturated heterocycles. The van der Waals surface area contributed by atoms with E-state index in [1.165, 1.54) is 18.4 Å². The van der Waals surface area contributed by atoms with Crippen LogP contribution in [0, 0.1) is 23.2 Å². The first kappa shape index (κ1) is 21.6. The Morgan fingerprint density at radius 2 is 2.07 bits per heavy atom. The van der Waals surface area contributed by atoms with Crippen LogP contribution >= 0.6 is 0 Å². The summed E-state index contributed by atoms with van der Waals surface area (Å²) in [5.41, 5.74) is 1.55. The normalized spacial score (nSPS) is 35.5. The van der Waals surface area contributed by atoms with Gasteiger partial charge in [-0.05, 0) is 62.5 Å². The molecule has 30 heavy (non-hydrogen) atoms. The number of aliphatic hydroxyl groups is 1. The second kappa shape index (κ2) is 8.12. The first-order chi connectivity index (χ1) is 14.2. The molecule has 4 rings (SSSR count). The van der Waals surface area contributed by atoms with Crippen LogP contribution < -0.4 is 0 Å². The molecule has 1 heterocycles. The van der Waals surface area contributed by atoms with Gasteiger partial charge in [0.05, 0.1) is 11.5 Å². The molecular formula is C26H37NO3. The Bertz CT molecular complexity index is 789. The quantitative estimate of drug-likeness (QED) is 0.552. The molecule has 0 radical (unpaired) electrons. The van der Waals surface area contributed by atoms with E-state index in [1.807, 2.05) is 37.3 Å². The molecule has 0 aromatic heterocycles. The van der Waals surface area contributed by atoms with Crippen LogP contribution in [0.1, 0.15) is 58.4 Å². The van der Waals surface area contributed by atoms with Gasteiger partial charge in [-0.1, -0.05) is 56.3 Å². The molecule has 4 heteroatoms. The van der Waals surface area contributed by atoms with E-state index in [4.69, 9.17) is 4.74 Å². The maximum absolute atomic E-state index is 12.9. The van der Waals surface area contributed by atoms with E-state index in [0.29, 0.717) is 19.0 Å². The van der Waals surface area contributed by atoms with Crippen molar-refractivity contribution in [2.75, 3.05) is 19.6 Å². The number of allylic oxidation sites excluding steroid dienone is 1. The second-order valence-corrected chi connectivity index (χ2v) is 10.4. The summed E-state index contributed by atoms with van der Waals surface area (Å²) >= 11 is 0. The molecule has 0 bridgehead atoms. The lowest BCUT2D eigenvalue weighted by Crippen LogP contribution is -2.47. The number of likely N-dealkylation sites (N-methyl/N-ethyl adjacent to an activating group) is 1. The number of fused-ring (bicyclic) bond motifs is 2. The molecule has 3 fully saturated rings. The number of rotatable bonds is 6. The summed E-state index contributed by atoms with van der Waals surface area (Å²) in [6, 6.07) is 9.79. The van der Waals surface area contributed by atoms with Crippen LogP contribution in [-0.2, 0) is 15.1 Å². The molecule has 4 nitrogen and oxygen atoms in total. The zero-order valence-electron chi connectivity index (χ0n) is 18.8. The monoisotopic (exact) mass is 411 g/mol. The fourth-order valence-electron chi connectivity index (χ4n) is 6.37. The topological polar surface area (TPSA) is 49.8 Å². The van der Waals surface area contributed by atoms with Crippen molar-refractivity contribution < 1.29 is 14.6 Å². The Hall–Kier alpha value is -1.65. The summed E-state index contributed by atoms with van der Waals surface area (Å²) in [4.78, 5) is 15.1. The highest BCUT2D eigenvalue weighted by Gasteiger charge is 2.55. The minimum Gasteiger partial charge on any atom is -0.462 e. The average molecular weight is 412 g/mol. The second-order valence-electron chi connectivity index (χ2n) is 10.4. The molecule has 2 aliphatic carbocycles. The van der Waals surface area contributed by atoms with Crippen LogP contribution in [0.25, 0.3) is 0 Å². The number of nitrogens with zero attached hydrogens (tertiary/aromatic N) is 1. The zero-order chi connectivity index (χ0) is 21.5. The molecule has 1 aromatic rings. The number of esters is 1. The maximum atomic E-state index is 12.9. The molecule has 1 aliphatic heterocycles. The lowest BCUT2D eigenvalue weighted by Gasteiger charge is -2.50. The minimum absolute atomic E-state index is 0.0444. The van der Waals surface area contributed by atoms with Gasteiger partial charge in [-0.2, -0.15) is 0 Å². The summed E-state index contributed by atoms with van der Waals surface area (Å²) in [7, 11) is 0. The Morgan fingerprint density at radius 1 is 1.33 bits per heavy atom. The molecular weight excluding hydrogens is 374 g/mol. The van der Waals surface area contributed by atoms with Gasteiger partial charge in [-0.15, -0.1) is 0 Å². The predicted octanol–water partition coefficient (Wildman–Crippen LogP) is 4.53. The minimum atomic E-state index is -0.956. The van der Waals surface area contributed by atoms with Crippen molar-refractivity contribution >= 4 is 5.97 Å². The van der Waals surface area contributed by atoms with E-state index in [2.05, 4.69) is 25.3 Å². The lowest BCUT2D eigenvalue weighted by molar-refractivity contribution is -0.146. The van der Waals surface area contributed by atoms with Crippen LogP contribution in [0.5, 0.6) is 0 Å². The van der Waals surface area contributed by atoms with E-state index < -0.39 is 5.60 Å². The third kappa shape index (κ3) is 3.97. The van der Waals surface area contributed by atoms with E-state index >= 15 is 0 Å². The first-order valence-corrected chi connectivity index (χ1v) is 11.6. The molecule has 2 saturated carbocycles. The van der Waals surface area contributed by atoms with Crippen molar-refractivity contribution in [2.45, 2.75) is 64.6 Å². The van der Waals surface area contributed by atoms with E-state index in [0.717, 1.165) is 31.4 Å². The van der Waals surface area contributed by atoms with E-state index in [1.54, 1.807) is 0 Å². The molecule has 6 atom stereocenters. The van der Waals surface area contributed by atoms with Crippen molar-refractivity contribution in [3.05, 3.63) is 48.0 Å². The van der Waals surface area contributed by atoms with Crippen molar-refractivity contribution in [2.24, 2.45) is 23.2 Å². The smallest absolute Gasteiger partial charge is 0.310 e. The van der Waals surface area contributed by atoms with Crippen molar-refractivity contribution in [3.8, 4) is 0 Å². The van der Waals surface area contributed by atoms with Crippen LogP contribution in [-0.4, -0.2) is 41.7 Å². The molecule has 1 N–H and O–H groups in total. The summed E-state index contributed by atoms with van der Waals surface area (Å²) in [6.07, 6.45) is 5.57. The van der Waals surface area contributed by atoms with E-state index in [-0.39, 0.29) is 29.3 Å². The standard InChI is InChI=1S/C26H37NO3/c1-5-27(17-26(4,29)19-11-7-6-8-12-19)16-21-20-14-22-18(2)10-9-13-25(22,3)15-23(20)30-24(21)28/h6-8,11-12,20-23,29H,2,5,9-10,13-17H2,1,3-4H3/t20-,21-,22-,23+,25+,26+/m0/s1. The van der Waals surface area contributed by atoms with Gasteiger partial charge in [-0.25, -0.2) is 0 Å². The van der Waals surface area contributed by atoms with E-state index in [9.17, 15) is 9.90 Å². The molecule has 0 amide bonds. The third-order valence-corrected chi connectivity index (χ3v) is 8.15. The van der Waals surface area contributed by atoms with Crippen LogP contribution in [0.4, 0.5) is 0 Å². The molecule has 1 aromatic carbocycles. The Balaban J connectivity index is 1.48. The van der Waals surface area contributed by atoms with Gasteiger partial charge < -0.3 is 9.84 Å². The largest absolute Gasteiger partial charge is 0.462 e. The Kier molecular flexibility index (Phi) is 5.84. The number of benzene rings is 1. The van der Waals surface area contributed by atoms with Gasteiger partial charge in [0.15, 0.2) is 0 Å². The maximum Gasteiger partial charge on any atom is 0.310 e. The van der Waals surface area contributed by atoms with Gasteiger partial charge in [-0.3, -0.25) is 9.69 Å². The SMILES string of the molecule is C=C1CCC[C@]2(C)C[C@H]3OC(=O)[C@@H](CN(CC)C[C@@](C)(O)c4ccccc4)[C@@H]3C[C@@H]12. The van der Waals surface area contributed by atoms with Crippen molar-refractivity contribution in [3.63, 3.8) is 0 Å². The zero-order valence-corrected chi connectivity index (χ0v) is 18.8. The van der Waals surface area contributed by atoms with Crippen molar-refractivity contribution in [1.82, 2.24) is 4.90 Å². The highest BCUT2D eigenvalue weighted by molar-refractivity contribution is 5.75. The fraction of sp³-hybridized carbons (Fsp3) is 0.654. The number of hydrogen-bond donors (Lipinski definition) is 1. The Morgan fingerprint density at radius 3 is 2.77 bits per heavy atom. The lowest BCUT2D eigenvalue weighted by atomic mass is 9.55. The summed E-state index contributed by atoms with van der Waals surface area (Å²) < 4.78 is 5.93. The van der Waals surface area contributed by atoms with Crippen LogP contribution in [0.3, 0.4) is 0 Å². The number of hydrogen-bond acceptors (Lipinski definition) is 4. The fourth-order valence-corrected chi connectivity index (χ4v) is 6.37. The van der Waals surface area contributed by atoms with Gasteiger partial charge in [0.25, 0.3) is 0 Å². The predicted molar refractivity (Wildman–Crippen MR) is 119 cm³/mol. The Labute approximate surface area is 181 Å². The van der Waals surface area contributed by atoms with Gasteiger partial charge in [0.1, 0.15) is 6.10 Å². The molecule has 164 valence electrons.